The van der Waals surface area contributed by atoms with Gasteiger partial charge in [0.2, 0.25) is 11.8 Å². The van der Waals surface area contributed by atoms with Crippen LogP contribution in [0.5, 0.6) is 0 Å². The number of carbonyl (C=O) groups excluding carboxylic acids is 3. The number of anilines is 1. The summed E-state index contributed by atoms with van der Waals surface area (Å²) in [6, 6.07) is 2.27. The van der Waals surface area contributed by atoms with E-state index < -0.39 is 35.6 Å². The van der Waals surface area contributed by atoms with Crippen molar-refractivity contribution in [1.82, 2.24) is 10.2 Å². The number of halogens is 2. The zero-order valence-corrected chi connectivity index (χ0v) is 17.5. The van der Waals surface area contributed by atoms with E-state index in [-0.39, 0.29) is 62.4 Å². The molecule has 0 saturated carbocycles. The molecule has 0 spiro atoms. The summed E-state index contributed by atoms with van der Waals surface area (Å²) in [5.74, 6) is -1.89. The van der Waals surface area contributed by atoms with Crippen molar-refractivity contribution in [3.05, 3.63) is 29.1 Å². The molecule has 3 aliphatic heterocycles. The van der Waals surface area contributed by atoms with Gasteiger partial charge in [-0.15, -0.1) is 0 Å². The molecule has 1 aromatic rings. The first-order valence-electron chi connectivity index (χ1n) is 10.2. The summed E-state index contributed by atoms with van der Waals surface area (Å²) in [5.41, 5.74) is -0.936. The number of hydrogen-bond acceptors (Lipinski definition) is 6. The van der Waals surface area contributed by atoms with Gasteiger partial charge in [-0.2, -0.15) is 0 Å². The van der Waals surface area contributed by atoms with E-state index in [1.165, 1.54) is 25.2 Å². The molecule has 2 saturated heterocycles. The Kier molecular flexibility index (Phi) is 5.69. The van der Waals surface area contributed by atoms with Gasteiger partial charge >= 0.3 is 0 Å². The Morgan fingerprint density at radius 3 is 2.45 bits per heavy atom. The fourth-order valence-corrected chi connectivity index (χ4v) is 4.71. The quantitative estimate of drug-likeness (QED) is 0.555. The van der Waals surface area contributed by atoms with Crippen LogP contribution in [0, 0.1) is 5.82 Å². The van der Waals surface area contributed by atoms with Gasteiger partial charge in [0.25, 0.3) is 5.91 Å². The monoisotopic (exact) mass is 437 g/mol. The summed E-state index contributed by atoms with van der Waals surface area (Å²) < 4.78 is 40.7. The molecule has 0 radical (unpaired) electrons. The molecular weight excluding hydrogens is 412 g/mol. The van der Waals surface area contributed by atoms with Crippen LogP contribution in [0.25, 0.3) is 0 Å². The number of nitrogens with zero attached hydrogens (tertiary/aromatic N) is 2. The molecule has 3 heterocycles. The molecular formula is C21H25F2N3O5. The number of rotatable bonds is 5. The average Bonchev–Trinajstić information content (AvgIpc) is 3.07. The molecule has 0 bridgehead atoms. The van der Waals surface area contributed by atoms with Gasteiger partial charge in [-0.1, -0.05) is 0 Å². The number of alkyl halides is 1. The summed E-state index contributed by atoms with van der Waals surface area (Å²) in [7, 11) is 2.76. The highest BCUT2D eigenvalue weighted by atomic mass is 19.1. The van der Waals surface area contributed by atoms with Crippen molar-refractivity contribution in [3.8, 4) is 0 Å². The molecule has 8 nitrogen and oxygen atoms in total. The first-order valence-corrected chi connectivity index (χ1v) is 10.2. The molecule has 3 amide bonds. The van der Waals surface area contributed by atoms with E-state index in [0.717, 1.165) is 0 Å². The van der Waals surface area contributed by atoms with Crippen LogP contribution in [0.1, 0.15) is 41.6 Å². The number of ether oxygens (including phenoxy) is 2. The number of fused-ring (bicyclic) bond motifs is 1. The average molecular weight is 437 g/mol. The summed E-state index contributed by atoms with van der Waals surface area (Å²) in [6.07, 6.45) is -0.426. The second-order valence-corrected chi connectivity index (χ2v) is 8.15. The second kappa shape index (κ2) is 8.16. The van der Waals surface area contributed by atoms with Crippen molar-refractivity contribution >= 4 is 23.4 Å². The Morgan fingerprint density at radius 1 is 1.16 bits per heavy atom. The number of amides is 3. The standard InChI is InChI=1S/C21H25F2N3O5/c1-30-20(31-2)21(23)7-9-25(10-8-21)14-4-3-12-13(17(14)22)11-26(19(12)29)15-5-6-16(27)24-18(15)28/h3-4,15,20H,5-11H2,1-2H3,(H,24,27,28). The van der Waals surface area contributed by atoms with Gasteiger partial charge in [-0.3, -0.25) is 19.7 Å². The molecule has 0 aliphatic carbocycles. The van der Waals surface area contributed by atoms with Crippen LogP contribution in [0.4, 0.5) is 14.5 Å². The van der Waals surface area contributed by atoms with E-state index in [1.54, 1.807) is 11.0 Å². The number of nitrogens with one attached hydrogen (secondary N) is 1. The number of carbonyl (C=O) groups is 3. The lowest BCUT2D eigenvalue weighted by atomic mass is 9.92. The van der Waals surface area contributed by atoms with Gasteiger partial charge in [0.05, 0.1) is 12.2 Å². The molecule has 1 atom stereocenters. The summed E-state index contributed by atoms with van der Waals surface area (Å²) in [4.78, 5) is 39.4. The molecule has 3 aliphatic rings. The van der Waals surface area contributed by atoms with Crippen LogP contribution < -0.4 is 10.2 Å². The maximum absolute atomic E-state index is 15.4. The Bertz CT molecular complexity index is 913. The van der Waals surface area contributed by atoms with Crippen molar-refractivity contribution < 1.29 is 32.6 Å². The number of hydrogen-bond donors (Lipinski definition) is 1. The normalized spacial score (nSPS) is 23.4. The van der Waals surface area contributed by atoms with Gasteiger partial charge in [0.15, 0.2) is 17.8 Å². The molecule has 2 fully saturated rings. The van der Waals surface area contributed by atoms with Crippen molar-refractivity contribution in [2.75, 3.05) is 32.2 Å². The minimum Gasteiger partial charge on any atom is -0.369 e. The van der Waals surface area contributed by atoms with Crippen LogP contribution in [0.15, 0.2) is 12.1 Å². The predicted octanol–water partition coefficient (Wildman–Crippen LogP) is 1.51. The third kappa shape index (κ3) is 3.67. The first kappa shape index (κ1) is 21.6. The lowest BCUT2D eigenvalue weighted by molar-refractivity contribution is -0.192. The largest absolute Gasteiger partial charge is 0.369 e. The molecule has 0 aromatic heterocycles. The molecule has 4 rings (SSSR count). The van der Waals surface area contributed by atoms with Crippen molar-refractivity contribution in [2.45, 2.75) is 50.2 Å². The Labute approximate surface area is 178 Å². The second-order valence-electron chi connectivity index (χ2n) is 8.15. The fraction of sp³-hybridized carbons (Fsp3) is 0.571. The molecule has 168 valence electrons. The van der Waals surface area contributed by atoms with Crippen LogP contribution in [0.2, 0.25) is 0 Å². The highest BCUT2D eigenvalue weighted by Gasteiger charge is 2.44. The maximum atomic E-state index is 15.4. The van der Waals surface area contributed by atoms with Crippen LogP contribution in [-0.2, 0) is 25.6 Å². The molecule has 1 N–H and O–H groups in total. The number of imide groups is 1. The van der Waals surface area contributed by atoms with Crippen molar-refractivity contribution in [1.29, 1.82) is 0 Å². The Balaban J connectivity index is 1.52. The molecule has 1 unspecified atom stereocenters. The zero-order chi connectivity index (χ0) is 22.3. The third-order valence-electron chi connectivity index (χ3n) is 6.41. The van der Waals surface area contributed by atoms with Gasteiger partial charge in [-0.25, -0.2) is 8.78 Å². The third-order valence-corrected chi connectivity index (χ3v) is 6.41. The van der Waals surface area contributed by atoms with Gasteiger partial charge in [0, 0.05) is 57.7 Å². The smallest absolute Gasteiger partial charge is 0.255 e. The van der Waals surface area contributed by atoms with Crippen LogP contribution in [0.3, 0.4) is 0 Å². The number of piperidine rings is 2. The predicted molar refractivity (Wildman–Crippen MR) is 106 cm³/mol. The minimum atomic E-state index is -1.66. The van der Waals surface area contributed by atoms with E-state index in [1.807, 2.05) is 0 Å². The summed E-state index contributed by atoms with van der Waals surface area (Å²) in [6.45, 7) is 0.483. The lowest BCUT2D eigenvalue weighted by Crippen LogP contribution is -2.52. The fourth-order valence-electron chi connectivity index (χ4n) is 4.71. The van der Waals surface area contributed by atoms with E-state index >= 15 is 8.78 Å². The highest BCUT2D eigenvalue weighted by molar-refractivity contribution is 6.05. The van der Waals surface area contributed by atoms with Crippen LogP contribution >= 0.6 is 0 Å². The van der Waals surface area contributed by atoms with E-state index in [9.17, 15) is 14.4 Å². The lowest BCUT2D eigenvalue weighted by Gasteiger charge is -2.40. The van der Waals surface area contributed by atoms with E-state index in [4.69, 9.17) is 9.47 Å². The van der Waals surface area contributed by atoms with Crippen molar-refractivity contribution in [3.63, 3.8) is 0 Å². The van der Waals surface area contributed by atoms with Crippen molar-refractivity contribution in [2.24, 2.45) is 0 Å². The summed E-state index contributed by atoms with van der Waals surface area (Å²) in [5, 5.41) is 2.23. The van der Waals surface area contributed by atoms with E-state index in [0.29, 0.717) is 5.69 Å². The Morgan fingerprint density at radius 2 is 1.84 bits per heavy atom. The van der Waals surface area contributed by atoms with E-state index in [2.05, 4.69) is 5.32 Å². The van der Waals surface area contributed by atoms with Gasteiger partial charge in [-0.05, 0) is 18.6 Å². The molecule has 1 aromatic carbocycles. The highest BCUT2D eigenvalue weighted by Crippen LogP contribution is 2.38. The number of benzene rings is 1. The Hall–Kier alpha value is -2.59. The maximum Gasteiger partial charge on any atom is 0.255 e. The topological polar surface area (TPSA) is 88.2 Å². The van der Waals surface area contributed by atoms with Gasteiger partial charge in [0.1, 0.15) is 6.04 Å². The first-order chi connectivity index (χ1) is 14.8. The zero-order valence-electron chi connectivity index (χ0n) is 17.5. The minimum absolute atomic E-state index is 0.0452. The summed E-state index contributed by atoms with van der Waals surface area (Å²) >= 11 is 0. The molecule has 31 heavy (non-hydrogen) atoms. The number of methoxy groups -OCH3 is 2. The molecule has 10 heteroatoms. The SMILES string of the molecule is COC(OC)C1(F)CCN(c2ccc3c(c2F)CN(C2CCC(=O)NC2=O)C3=O)CC1. The van der Waals surface area contributed by atoms with Gasteiger partial charge < -0.3 is 19.3 Å². The van der Waals surface area contributed by atoms with Crippen LogP contribution in [-0.4, -0.2) is 67.9 Å².